The van der Waals surface area contributed by atoms with Gasteiger partial charge in [0, 0.05) is 12.3 Å². The molecule has 0 aromatic heterocycles. The Morgan fingerprint density at radius 2 is 2.58 bits per heavy atom. The molecule has 4 nitrogen and oxygen atoms in total. The standard InChI is InChI=1S/C8H14N2O2/c1-6(8(11)12)3-7-4-9-5-10(7)2/h4,6-7H,3,5H2,1-2H3,(H,11,12). The van der Waals surface area contributed by atoms with Crippen LogP contribution in [-0.2, 0) is 4.79 Å². The largest absolute Gasteiger partial charge is 0.481 e. The lowest BCUT2D eigenvalue weighted by molar-refractivity contribution is -0.141. The second-order valence-corrected chi connectivity index (χ2v) is 3.27. The zero-order valence-electron chi connectivity index (χ0n) is 7.40. The highest BCUT2D eigenvalue weighted by molar-refractivity contribution is 5.72. The fourth-order valence-corrected chi connectivity index (χ4v) is 1.22. The van der Waals surface area contributed by atoms with E-state index in [4.69, 9.17) is 5.11 Å². The molecule has 68 valence electrons. The fraction of sp³-hybridized carbons (Fsp3) is 0.750. The predicted molar refractivity (Wildman–Crippen MR) is 46.3 cm³/mol. The Morgan fingerprint density at radius 3 is 3.00 bits per heavy atom. The lowest BCUT2D eigenvalue weighted by Gasteiger charge is -2.18. The molecule has 0 radical (unpaired) electrons. The molecule has 0 aliphatic carbocycles. The number of aliphatic carboxylic acids is 1. The van der Waals surface area contributed by atoms with Crippen molar-refractivity contribution >= 4 is 12.2 Å². The average molecular weight is 170 g/mol. The van der Waals surface area contributed by atoms with Crippen LogP contribution >= 0.6 is 0 Å². The molecule has 2 unspecified atom stereocenters. The number of aliphatic imine (C=N–C) groups is 1. The van der Waals surface area contributed by atoms with Gasteiger partial charge in [0.05, 0.1) is 12.6 Å². The molecule has 4 heteroatoms. The quantitative estimate of drug-likeness (QED) is 0.668. The van der Waals surface area contributed by atoms with E-state index in [1.807, 2.05) is 18.2 Å². The molecule has 1 rings (SSSR count). The van der Waals surface area contributed by atoms with Crippen LogP contribution in [0, 0.1) is 5.92 Å². The summed E-state index contributed by atoms with van der Waals surface area (Å²) in [6.07, 6.45) is 2.48. The van der Waals surface area contributed by atoms with E-state index in [1.165, 1.54) is 0 Å². The number of rotatable bonds is 3. The molecule has 0 aromatic carbocycles. The van der Waals surface area contributed by atoms with E-state index in [0.717, 1.165) is 0 Å². The number of nitrogens with zero attached hydrogens (tertiary/aromatic N) is 2. The number of carboxylic acids is 1. The molecule has 0 bridgehead atoms. The van der Waals surface area contributed by atoms with Crippen molar-refractivity contribution in [2.24, 2.45) is 10.9 Å². The Morgan fingerprint density at radius 1 is 1.92 bits per heavy atom. The van der Waals surface area contributed by atoms with Gasteiger partial charge in [-0.05, 0) is 13.5 Å². The number of hydrogen-bond donors (Lipinski definition) is 1. The van der Waals surface area contributed by atoms with Gasteiger partial charge in [-0.1, -0.05) is 6.92 Å². The lowest BCUT2D eigenvalue weighted by Crippen LogP contribution is -2.31. The fourth-order valence-electron chi connectivity index (χ4n) is 1.22. The highest BCUT2D eigenvalue weighted by Gasteiger charge is 2.22. The molecule has 0 spiro atoms. The summed E-state index contributed by atoms with van der Waals surface area (Å²) < 4.78 is 0. The maximum absolute atomic E-state index is 10.5. The molecule has 1 aliphatic heterocycles. The summed E-state index contributed by atoms with van der Waals surface area (Å²) in [5, 5.41) is 8.67. The monoisotopic (exact) mass is 170 g/mol. The smallest absolute Gasteiger partial charge is 0.306 e. The molecule has 0 fully saturated rings. The average Bonchev–Trinajstić information content (AvgIpc) is 2.36. The summed E-state index contributed by atoms with van der Waals surface area (Å²) in [6, 6.07) is 0.205. The van der Waals surface area contributed by atoms with Gasteiger partial charge in [-0.15, -0.1) is 0 Å². The Balaban J connectivity index is 2.40. The molecule has 1 N–H and O–H groups in total. The van der Waals surface area contributed by atoms with E-state index < -0.39 is 5.97 Å². The van der Waals surface area contributed by atoms with Crippen molar-refractivity contribution in [3.05, 3.63) is 0 Å². The Bertz CT molecular complexity index is 203. The minimum Gasteiger partial charge on any atom is -0.481 e. The predicted octanol–water partition coefficient (Wildman–Crippen LogP) is 0.439. The maximum atomic E-state index is 10.5. The summed E-state index contributed by atoms with van der Waals surface area (Å²) in [4.78, 5) is 16.6. The second kappa shape index (κ2) is 3.67. The number of carboxylic acid groups (broad SMARTS) is 1. The normalized spacial score (nSPS) is 26.0. The third-order valence-electron chi connectivity index (χ3n) is 2.16. The van der Waals surface area contributed by atoms with Gasteiger partial charge < -0.3 is 5.11 Å². The third kappa shape index (κ3) is 2.04. The zero-order chi connectivity index (χ0) is 9.14. The zero-order valence-corrected chi connectivity index (χ0v) is 7.40. The van der Waals surface area contributed by atoms with Gasteiger partial charge >= 0.3 is 5.97 Å². The highest BCUT2D eigenvalue weighted by Crippen LogP contribution is 2.12. The van der Waals surface area contributed by atoms with Gasteiger partial charge in [0.15, 0.2) is 0 Å². The number of carbonyl (C=O) groups is 1. The topological polar surface area (TPSA) is 52.9 Å². The van der Waals surface area contributed by atoms with E-state index in [-0.39, 0.29) is 12.0 Å². The summed E-state index contributed by atoms with van der Waals surface area (Å²) in [7, 11) is 1.95. The molecule has 1 aliphatic rings. The highest BCUT2D eigenvalue weighted by atomic mass is 16.4. The van der Waals surface area contributed by atoms with Crippen LogP contribution < -0.4 is 0 Å². The second-order valence-electron chi connectivity index (χ2n) is 3.27. The third-order valence-corrected chi connectivity index (χ3v) is 2.16. The molecule has 1 heterocycles. The van der Waals surface area contributed by atoms with Crippen LogP contribution in [0.15, 0.2) is 4.99 Å². The summed E-state index contributed by atoms with van der Waals surface area (Å²) in [6.45, 7) is 2.42. The van der Waals surface area contributed by atoms with E-state index >= 15 is 0 Å². The van der Waals surface area contributed by atoms with Crippen molar-refractivity contribution in [2.75, 3.05) is 13.7 Å². The molecule has 2 atom stereocenters. The van der Waals surface area contributed by atoms with Crippen LogP contribution in [0.25, 0.3) is 0 Å². The molecule has 12 heavy (non-hydrogen) atoms. The van der Waals surface area contributed by atoms with Crippen LogP contribution in [0.2, 0.25) is 0 Å². The van der Waals surface area contributed by atoms with E-state index in [9.17, 15) is 4.79 Å². The summed E-state index contributed by atoms with van der Waals surface area (Å²) in [5.74, 6) is -1.02. The first-order valence-corrected chi connectivity index (χ1v) is 4.04. The van der Waals surface area contributed by atoms with Crippen LogP contribution in [0.5, 0.6) is 0 Å². The van der Waals surface area contributed by atoms with Crippen LogP contribution in [0.1, 0.15) is 13.3 Å². The van der Waals surface area contributed by atoms with Crippen molar-refractivity contribution in [2.45, 2.75) is 19.4 Å². The van der Waals surface area contributed by atoms with Gasteiger partial charge in [0.2, 0.25) is 0 Å². The molecule has 0 aromatic rings. The van der Waals surface area contributed by atoms with Crippen molar-refractivity contribution in [1.82, 2.24) is 4.90 Å². The Hall–Kier alpha value is -0.900. The summed E-state index contributed by atoms with van der Waals surface area (Å²) in [5.41, 5.74) is 0. The van der Waals surface area contributed by atoms with Crippen molar-refractivity contribution in [3.63, 3.8) is 0 Å². The van der Waals surface area contributed by atoms with Crippen molar-refractivity contribution in [3.8, 4) is 0 Å². The first-order chi connectivity index (χ1) is 5.61. The van der Waals surface area contributed by atoms with Gasteiger partial charge in [-0.2, -0.15) is 0 Å². The van der Waals surface area contributed by atoms with Gasteiger partial charge in [0.25, 0.3) is 0 Å². The van der Waals surface area contributed by atoms with E-state index in [2.05, 4.69) is 4.99 Å². The SMILES string of the molecule is CC(CC1C=NCN1C)C(=O)O. The maximum Gasteiger partial charge on any atom is 0.306 e. The lowest BCUT2D eigenvalue weighted by atomic mass is 10.0. The minimum atomic E-state index is -0.733. The Labute approximate surface area is 71.9 Å². The summed E-state index contributed by atoms with van der Waals surface area (Å²) >= 11 is 0. The molecule has 0 amide bonds. The minimum absolute atomic E-state index is 0.205. The molecule has 0 saturated carbocycles. The van der Waals surface area contributed by atoms with Crippen molar-refractivity contribution < 1.29 is 9.90 Å². The van der Waals surface area contributed by atoms with Gasteiger partial charge in [0.1, 0.15) is 0 Å². The first-order valence-electron chi connectivity index (χ1n) is 4.04. The molecular weight excluding hydrogens is 156 g/mol. The van der Waals surface area contributed by atoms with Gasteiger partial charge in [-0.3, -0.25) is 14.7 Å². The van der Waals surface area contributed by atoms with E-state index in [0.29, 0.717) is 13.1 Å². The van der Waals surface area contributed by atoms with E-state index in [1.54, 1.807) is 6.92 Å². The number of hydrogen-bond acceptors (Lipinski definition) is 3. The molecule has 0 saturated heterocycles. The Kier molecular flexibility index (Phi) is 2.81. The van der Waals surface area contributed by atoms with Gasteiger partial charge in [-0.25, -0.2) is 0 Å². The van der Waals surface area contributed by atoms with Crippen molar-refractivity contribution in [1.29, 1.82) is 0 Å². The first kappa shape index (κ1) is 9.19. The van der Waals surface area contributed by atoms with Crippen LogP contribution in [0.4, 0.5) is 0 Å². The van der Waals surface area contributed by atoms with Crippen LogP contribution in [0.3, 0.4) is 0 Å². The molecular formula is C8H14N2O2. The van der Waals surface area contributed by atoms with Crippen LogP contribution in [-0.4, -0.2) is 41.9 Å².